The van der Waals surface area contributed by atoms with Gasteiger partial charge in [0, 0.05) is 23.7 Å². The van der Waals surface area contributed by atoms with Crippen LogP contribution < -0.4 is 15.4 Å². The van der Waals surface area contributed by atoms with Crippen molar-refractivity contribution in [3.8, 4) is 39.3 Å². The number of aromatic nitrogens is 4. The van der Waals surface area contributed by atoms with Crippen molar-refractivity contribution >= 4 is 35.0 Å². The number of rotatable bonds is 10. The number of benzene rings is 4. The first-order chi connectivity index (χ1) is 31.6. The second-order valence-electron chi connectivity index (χ2n) is 17.9. The van der Waals surface area contributed by atoms with Crippen LogP contribution in [0.1, 0.15) is 86.9 Å². The molecular weight excluding hydrogens is 825 g/mol. The number of carbonyl (C=O) groups is 4. The average molecular weight is 877 g/mol. The molecule has 4 N–H and O–H groups in total. The van der Waals surface area contributed by atoms with Crippen molar-refractivity contribution in [3.05, 3.63) is 114 Å². The lowest BCUT2D eigenvalue weighted by atomic mass is 9.92. The van der Waals surface area contributed by atoms with E-state index in [0.717, 1.165) is 93.8 Å². The minimum Gasteiger partial charge on any atom is -0.488 e. The van der Waals surface area contributed by atoms with Crippen LogP contribution in [-0.4, -0.2) is 86.6 Å². The Morgan fingerprint density at radius 2 is 1.55 bits per heavy atom. The van der Waals surface area contributed by atoms with E-state index >= 15 is 0 Å². The third kappa shape index (κ3) is 7.72. The summed E-state index contributed by atoms with van der Waals surface area (Å²) in [6, 6.07) is 26.1. The normalized spacial score (nSPS) is 20.5. The predicted molar refractivity (Wildman–Crippen MR) is 242 cm³/mol. The highest BCUT2D eigenvalue weighted by atomic mass is 16.5. The number of nitrogens with one attached hydrogen (secondary N) is 4. The SMILES string of the molecule is COC(=O)NC(C(=O)N1CCC[C@H]1c1ncc(-c2ccc3c(c2)OCc2cc(-c4ccc5nc([C@@H]6[C@H]7CC[C@H](C7)N6C(=O)[C@H](NC(=O)OC)c6ccccc6)[nH]c5c4)ccc2-3)[nH]1)C(C)C. The van der Waals surface area contributed by atoms with E-state index in [1.54, 1.807) is 6.20 Å². The number of carbonyl (C=O) groups excluding carboxylic acids is 4. The molecule has 65 heavy (non-hydrogen) atoms. The Morgan fingerprint density at radius 1 is 0.800 bits per heavy atom. The summed E-state index contributed by atoms with van der Waals surface area (Å²) in [5.74, 6) is 2.06. The van der Waals surface area contributed by atoms with Crippen LogP contribution >= 0.6 is 0 Å². The summed E-state index contributed by atoms with van der Waals surface area (Å²) in [6.07, 6.45) is 4.93. The van der Waals surface area contributed by atoms with E-state index in [1.807, 2.05) is 66.1 Å². The van der Waals surface area contributed by atoms with Gasteiger partial charge in [0.05, 0.1) is 49.2 Å². The zero-order valence-electron chi connectivity index (χ0n) is 36.8. The second kappa shape index (κ2) is 17.1. The van der Waals surface area contributed by atoms with Gasteiger partial charge in [-0.25, -0.2) is 19.6 Å². The molecule has 4 amide bonds. The van der Waals surface area contributed by atoms with Gasteiger partial charge in [-0.2, -0.15) is 0 Å². The van der Waals surface area contributed by atoms with Crippen molar-refractivity contribution < 1.29 is 33.4 Å². The number of hydrogen-bond donors (Lipinski definition) is 4. The number of H-pyrrole nitrogens is 2. The van der Waals surface area contributed by atoms with Gasteiger partial charge in [-0.15, -0.1) is 0 Å². The van der Waals surface area contributed by atoms with Gasteiger partial charge in [-0.05, 0) is 102 Å². The lowest BCUT2D eigenvalue weighted by Gasteiger charge is -2.36. The van der Waals surface area contributed by atoms with E-state index in [1.165, 1.54) is 14.2 Å². The number of hydrogen-bond acceptors (Lipinski definition) is 9. The van der Waals surface area contributed by atoms with Crippen molar-refractivity contribution in [1.29, 1.82) is 0 Å². The van der Waals surface area contributed by atoms with Gasteiger partial charge in [0.2, 0.25) is 5.91 Å². The number of aromatic amines is 2. The highest BCUT2D eigenvalue weighted by molar-refractivity contribution is 5.89. The first-order valence-corrected chi connectivity index (χ1v) is 22.4. The summed E-state index contributed by atoms with van der Waals surface area (Å²) < 4.78 is 16.1. The third-order valence-electron chi connectivity index (χ3n) is 13.7. The molecule has 4 aromatic carbocycles. The Hall–Kier alpha value is -7.16. The van der Waals surface area contributed by atoms with Crippen LogP contribution in [0.25, 0.3) is 44.5 Å². The minimum atomic E-state index is -0.885. The summed E-state index contributed by atoms with van der Waals surface area (Å²) >= 11 is 0. The standard InChI is InChI=1S/C50H52N8O7/c1-27(2)42(55-49(61)63-3)47(59)57-20-8-11-40(57)45-51-25-39(54-45)31-14-18-36-35-17-13-29(21-33(35)26-65-41(36)24-31)30-15-19-37-38(23-30)53-46(52-37)44-32-12-16-34(22-32)58(44)48(60)43(56-50(62)64-4)28-9-6-5-7-10-28/h5-7,9-10,13-15,17-19,21,23-25,27,32,34,40,42-44H,8,11-12,16,20,22,26H2,1-4H3,(H,51,54)(H,52,53)(H,55,61)(H,56,62)/t32-,34+,40-,42?,43+,44-/m0/s1. The molecule has 3 fully saturated rings. The quantitative estimate of drug-likeness (QED) is 0.105. The number of fused-ring (bicyclic) bond motifs is 6. The fourth-order valence-electron chi connectivity index (χ4n) is 10.5. The molecule has 0 spiro atoms. The summed E-state index contributed by atoms with van der Waals surface area (Å²) in [5.41, 5.74) is 9.41. The summed E-state index contributed by atoms with van der Waals surface area (Å²) in [4.78, 5) is 73.2. The van der Waals surface area contributed by atoms with Crippen LogP contribution in [0.2, 0.25) is 0 Å². The Labute approximate surface area is 376 Å². The monoisotopic (exact) mass is 876 g/mol. The summed E-state index contributed by atoms with van der Waals surface area (Å²) in [6.45, 7) is 4.79. The molecule has 2 aromatic heterocycles. The Balaban J connectivity index is 0.864. The molecule has 1 saturated carbocycles. The van der Waals surface area contributed by atoms with Crippen molar-refractivity contribution in [1.82, 2.24) is 40.4 Å². The van der Waals surface area contributed by atoms with Crippen LogP contribution in [0.5, 0.6) is 5.75 Å². The largest absolute Gasteiger partial charge is 0.488 e. The maximum Gasteiger partial charge on any atom is 0.407 e. The fraction of sp³-hybridized carbons (Fsp3) is 0.360. The number of methoxy groups -OCH3 is 2. The number of ether oxygens (including phenoxy) is 3. The van der Waals surface area contributed by atoms with Crippen molar-refractivity contribution in [2.45, 2.75) is 82.8 Å². The van der Waals surface area contributed by atoms with Gasteiger partial charge in [0.25, 0.3) is 5.91 Å². The molecule has 4 aliphatic rings. The van der Waals surface area contributed by atoms with Crippen LogP contribution in [0.3, 0.4) is 0 Å². The van der Waals surface area contributed by atoms with Gasteiger partial charge >= 0.3 is 12.2 Å². The zero-order chi connectivity index (χ0) is 44.9. The topological polar surface area (TPSA) is 184 Å². The number of likely N-dealkylation sites (tertiary alicyclic amines) is 2. The molecular formula is C50H52N8O7. The number of alkyl carbamates (subject to hydrolysis) is 2. The lowest BCUT2D eigenvalue weighted by Crippen LogP contribution is -2.51. The first kappa shape index (κ1) is 41.8. The van der Waals surface area contributed by atoms with Gasteiger partial charge in [-0.1, -0.05) is 68.4 Å². The van der Waals surface area contributed by atoms with Crippen molar-refractivity contribution in [3.63, 3.8) is 0 Å². The van der Waals surface area contributed by atoms with Crippen molar-refractivity contribution in [2.24, 2.45) is 11.8 Å². The molecule has 2 saturated heterocycles. The summed E-state index contributed by atoms with van der Waals surface area (Å²) in [7, 11) is 2.59. The second-order valence-corrected chi connectivity index (χ2v) is 17.9. The number of nitrogens with zero attached hydrogens (tertiary/aromatic N) is 4. The van der Waals surface area contributed by atoms with E-state index in [2.05, 4.69) is 63.1 Å². The molecule has 15 heteroatoms. The van der Waals surface area contributed by atoms with Gasteiger partial charge in [0.15, 0.2) is 0 Å². The third-order valence-corrected chi connectivity index (χ3v) is 13.7. The minimum absolute atomic E-state index is 0.0641. The molecule has 1 unspecified atom stereocenters. The average Bonchev–Trinajstić information content (AvgIpc) is 4.20. The molecule has 0 radical (unpaired) electrons. The summed E-state index contributed by atoms with van der Waals surface area (Å²) in [5, 5.41) is 5.49. The smallest absolute Gasteiger partial charge is 0.407 e. The molecule has 6 atom stereocenters. The highest BCUT2D eigenvalue weighted by Gasteiger charge is 2.51. The first-order valence-electron chi connectivity index (χ1n) is 22.4. The van der Waals surface area contributed by atoms with Gasteiger partial charge < -0.3 is 44.6 Å². The van der Waals surface area contributed by atoms with E-state index < -0.39 is 24.3 Å². The molecule has 2 bridgehead atoms. The van der Waals surface area contributed by atoms with Crippen LogP contribution in [-0.2, 0) is 25.7 Å². The van der Waals surface area contributed by atoms with Crippen LogP contribution in [0.4, 0.5) is 9.59 Å². The maximum atomic E-state index is 14.4. The molecule has 1 aliphatic carbocycles. The van der Waals surface area contributed by atoms with E-state index in [0.29, 0.717) is 24.5 Å². The van der Waals surface area contributed by atoms with Crippen LogP contribution in [0.15, 0.2) is 91.1 Å². The molecule has 3 aliphatic heterocycles. The number of imidazole rings is 2. The number of amides is 4. The van der Waals surface area contributed by atoms with Crippen molar-refractivity contribution in [2.75, 3.05) is 20.8 Å². The molecule has 334 valence electrons. The zero-order valence-corrected chi connectivity index (χ0v) is 36.8. The maximum absolute atomic E-state index is 14.4. The van der Waals surface area contributed by atoms with E-state index in [9.17, 15) is 19.2 Å². The molecule has 15 nitrogen and oxygen atoms in total. The highest BCUT2D eigenvalue weighted by Crippen LogP contribution is 2.51. The van der Waals surface area contributed by atoms with E-state index in [4.69, 9.17) is 24.2 Å². The number of piperidine rings is 1. The van der Waals surface area contributed by atoms with Gasteiger partial charge in [-0.3, -0.25) is 9.59 Å². The van der Waals surface area contributed by atoms with Crippen LogP contribution in [0, 0.1) is 11.8 Å². The van der Waals surface area contributed by atoms with E-state index in [-0.39, 0.29) is 41.8 Å². The Bertz CT molecular complexity index is 2800. The molecule has 5 heterocycles. The fourth-order valence-corrected chi connectivity index (χ4v) is 10.5. The molecule has 6 aromatic rings. The Morgan fingerprint density at radius 3 is 2.35 bits per heavy atom. The predicted octanol–water partition coefficient (Wildman–Crippen LogP) is 8.37. The Kier molecular flexibility index (Phi) is 11.0. The lowest BCUT2D eigenvalue weighted by molar-refractivity contribution is -0.138. The van der Waals surface area contributed by atoms with Gasteiger partial charge in [0.1, 0.15) is 36.1 Å². The molecule has 10 rings (SSSR count).